The normalized spacial score (nSPS) is 15.5. The first-order valence-electron chi connectivity index (χ1n) is 21.9. The Morgan fingerprint density at radius 3 is 1.29 bits per heavy atom. The van der Waals surface area contributed by atoms with Crippen LogP contribution in [0.5, 0.6) is 0 Å². The monoisotopic (exact) mass is 675 g/mol. The van der Waals surface area contributed by atoms with Crippen LogP contribution in [-0.4, -0.2) is 38.1 Å². The Bertz CT molecular complexity index is 616. The van der Waals surface area contributed by atoms with E-state index < -0.39 is 0 Å². The predicted molar refractivity (Wildman–Crippen MR) is 212 cm³/mol. The molecule has 1 aliphatic rings. The molecule has 0 saturated carbocycles. The van der Waals surface area contributed by atoms with E-state index in [9.17, 15) is 0 Å². The predicted octanol–water partition coefficient (Wildman–Crippen LogP) is 14.0. The molecular weight excluding hydrogens is 588 g/mol. The standard InChI is InChI=1S/C44H86N2O2/c1-3-5-7-9-11-13-15-17-19-21-23-25-27-29-31-33-41-47-46(40-36-38-44-37-35-39-45-43-44)48-42-34-32-30-28-26-24-22-20-18-16-14-12-10-8-6-4-2/h17-20,44-45H,3-16,21-43H2,1-2H3/b19-17-,20-18-. The van der Waals surface area contributed by atoms with Gasteiger partial charge < -0.3 is 5.32 Å². The summed E-state index contributed by atoms with van der Waals surface area (Å²) in [5, 5.41) is 5.42. The lowest BCUT2D eigenvalue weighted by atomic mass is 9.95. The van der Waals surface area contributed by atoms with E-state index in [1.165, 1.54) is 199 Å². The number of allylic oxidation sites excluding steroid dienone is 4. The summed E-state index contributed by atoms with van der Waals surface area (Å²) in [6.45, 7) is 9.45. The van der Waals surface area contributed by atoms with Gasteiger partial charge in [-0.25, -0.2) is 0 Å². The van der Waals surface area contributed by atoms with Gasteiger partial charge >= 0.3 is 0 Å². The highest BCUT2D eigenvalue weighted by Crippen LogP contribution is 2.17. The van der Waals surface area contributed by atoms with Crippen LogP contribution in [0.2, 0.25) is 0 Å². The van der Waals surface area contributed by atoms with Gasteiger partial charge in [0, 0.05) is 0 Å². The molecule has 1 rings (SSSR count). The van der Waals surface area contributed by atoms with Crippen molar-refractivity contribution >= 4 is 0 Å². The summed E-state index contributed by atoms with van der Waals surface area (Å²) in [5.41, 5.74) is 0. The Morgan fingerprint density at radius 1 is 0.500 bits per heavy atom. The zero-order valence-electron chi connectivity index (χ0n) is 32.8. The summed E-state index contributed by atoms with van der Waals surface area (Å²) in [4.78, 5) is 12.3. The van der Waals surface area contributed by atoms with Crippen molar-refractivity contribution in [2.75, 3.05) is 32.8 Å². The fraction of sp³-hybridized carbons (Fsp3) is 0.909. The van der Waals surface area contributed by atoms with E-state index in [1.807, 2.05) is 5.23 Å². The molecule has 284 valence electrons. The maximum Gasteiger partial charge on any atom is 0.0711 e. The maximum absolute atomic E-state index is 6.16. The molecule has 0 amide bonds. The van der Waals surface area contributed by atoms with Crippen molar-refractivity contribution in [3.8, 4) is 0 Å². The van der Waals surface area contributed by atoms with Crippen molar-refractivity contribution in [1.29, 1.82) is 0 Å². The quantitative estimate of drug-likeness (QED) is 0.0401. The highest BCUT2D eigenvalue weighted by atomic mass is 16.9. The Labute approximate surface area is 301 Å². The maximum atomic E-state index is 6.16. The minimum absolute atomic E-state index is 0.791. The van der Waals surface area contributed by atoms with Crippen LogP contribution in [-0.2, 0) is 9.68 Å². The lowest BCUT2D eigenvalue weighted by Crippen LogP contribution is -2.31. The smallest absolute Gasteiger partial charge is 0.0711 e. The minimum Gasteiger partial charge on any atom is -0.316 e. The summed E-state index contributed by atoms with van der Waals surface area (Å²) < 4.78 is 0. The molecule has 0 bridgehead atoms. The second kappa shape index (κ2) is 39.1. The third-order valence-corrected chi connectivity index (χ3v) is 10.1. The van der Waals surface area contributed by atoms with Crippen molar-refractivity contribution in [2.24, 2.45) is 5.92 Å². The molecule has 0 aromatic heterocycles. The van der Waals surface area contributed by atoms with Gasteiger partial charge in [-0.2, -0.15) is 0 Å². The number of hydrogen-bond donors (Lipinski definition) is 1. The van der Waals surface area contributed by atoms with Crippen LogP contribution in [0.4, 0.5) is 0 Å². The van der Waals surface area contributed by atoms with Crippen molar-refractivity contribution < 1.29 is 9.68 Å². The Hall–Kier alpha value is -0.680. The summed E-state index contributed by atoms with van der Waals surface area (Å²) >= 11 is 0. The first-order chi connectivity index (χ1) is 23.9. The Kier molecular flexibility index (Phi) is 36.9. The van der Waals surface area contributed by atoms with Crippen molar-refractivity contribution in [3.05, 3.63) is 24.3 Å². The topological polar surface area (TPSA) is 33.7 Å². The van der Waals surface area contributed by atoms with Gasteiger partial charge in [0.15, 0.2) is 0 Å². The van der Waals surface area contributed by atoms with E-state index in [2.05, 4.69) is 43.5 Å². The van der Waals surface area contributed by atoms with Crippen LogP contribution in [0.3, 0.4) is 0 Å². The molecule has 1 N–H and O–H groups in total. The number of nitrogens with one attached hydrogen (secondary N) is 1. The van der Waals surface area contributed by atoms with Crippen LogP contribution in [0.15, 0.2) is 24.3 Å². The Morgan fingerprint density at radius 2 is 0.896 bits per heavy atom. The van der Waals surface area contributed by atoms with Crippen LogP contribution in [0, 0.1) is 5.92 Å². The first kappa shape index (κ1) is 45.3. The molecular formula is C44H86N2O2. The molecule has 0 radical (unpaired) electrons. The van der Waals surface area contributed by atoms with Crippen LogP contribution in [0.1, 0.15) is 219 Å². The zero-order valence-corrected chi connectivity index (χ0v) is 32.8. The van der Waals surface area contributed by atoms with Crippen molar-refractivity contribution in [1.82, 2.24) is 10.5 Å². The molecule has 4 heteroatoms. The van der Waals surface area contributed by atoms with Crippen molar-refractivity contribution in [3.63, 3.8) is 0 Å². The summed E-state index contributed by atoms with van der Waals surface area (Å²) in [6, 6.07) is 0. The SMILES string of the molecule is CCCCCCCC/C=C\CCCCCCCCON(CCCC1CCCNC1)OCCCCCCCC/C=C\CCCCCCCC. The molecule has 0 spiro atoms. The lowest BCUT2D eigenvalue weighted by molar-refractivity contribution is -0.369. The minimum atomic E-state index is 0.791. The van der Waals surface area contributed by atoms with Crippen LogP contribution in [0.25, 0.3) is 0 Å². The van der Waals surface area contributed by atoms with Gasteiger partial charge in [0.25, 0.3) is 0 Å². The highest BCUT2D eigenvalue weighted by Gasteiger charge is 2.14. The molecule has 0 aromatic carbocycles. The molecule has 0 aromatic rings. The van der Waals surface area contributed by atoms with E-state index >= 15 is 0 Å². The van der Waals surface area contributed by atoms with E-state index in [-0.39, 0.29) is 0 Å². The molecule has 1 saturated heterocycles. The molecule has 4 nitrogen and oxygen atoms in total. The van der Waals surface area contributed by atoms with Crippen molar-refractivity contribution in [2.45, 2.75) is 219 Å². The van der Waals surface area contributed by atoms with Gasteiger partial charge in [0.1, 0.15) is 0 Å². The largest absolute Gasteiger partial charge is 0.316 e. The van der Waals surface area contributed by atoms with E-state index in [0.29, 0.717) is 0 Å². The molecule has 1 unspecified atom stereocenters. The molecule has 1 aliphatic heterocycles. The van der Waals surface area contributed by atoms with Gasteiger partial charge in [-0.15, -0.1) is 0 Å². The average molecular weight is 675 g/mol. The molecule has 1 atom stereocenters. The number of nitrogens with zero attached hydrogens (tertiary/aromatic N) is 1. The van der Waals surface area contributed by atoms with E-state index in [0.717, 1.165) is 44.9 Å². The van der Waals surface area contributed by atoms with E-state index in [1.54, 1.807) is 0 Å². The summed E-state index contributed by atoms with van der Waals surface area (Å²) in [7, 11) is 0. The molecule has 1 heterocycles. The Balaban J connectivity index is 2.03. The summed E-state index contributed by atoms with van der Waals surface area (Å²) in [5.74, 6) is 0.826. The van der Waals surface area contributed by atoms with Gasteiger partial charge in [0.2, 0.25) is 0 Å². The second-order valence-electron chi connectivity index (χ2n) is 15.0. The average Bonchev–Trinajstić information content (AvgIpc) is 3.11. The first-order valence-corrected chi connectivity index (χ1v) is 21.9. The fourth-order valence-corrected chi connectivity index (χ4v) is 6.88. The van der Waals surface area contributed by atoms with Gasteiger partial charge in [0.05, 0.1) is 19.8 Å². The van der Waals surface area contributed by atoms with Gasteiger partial charge in [-0.05, 0) is 109 Å². The van der Waals surface area contributed by atoms with Crippen LogP contribution >= 0.6 is 0 Å². The summed E-state index contributed by atoms with van der Waals surface area (Å²) in [6.07, 6.45) is 52.3. The number of hydroxylamine groups is 2. The second-order valence-corrected chi connectivity index (χ2v) is 15.0. The van der Waals surface area contributed by atoms with Crippen LogP contribution < -0.4 is 5.32 Å². The van der Waals surface area contributed by atoms with Gasteiger partial charge in [-0.1, -0.05) is 159 Å². The number of unbranched alkanes of at least 4 members (excludes halogenated alkanes) is 24. The zero-order chi connectivity index (χ0) is 34.3. The molecule has 0 aliphatic carbocycles. The lowest BCUT2D eigenvalue weighted by Gasteiger charge is -2.25. The van der Waals surface area contributed by atoms with E-state index in [4.69, 9.17) is 9.68 Å². The number of hydrogen-bond acceptors (Lipinski definition) is 4. The van der Waals surface area contributed by atoms with Gasteiger partial charge in [-0.3, -0.25) is 9.68 Å². The fourth-order valence-electron chi connectivity index (χ4n) is 6.88. The molecule has 48 heavy (non-hydrogen) atoms. The number of piperidine rings is 1. The highest BCUT2D eigenvalue weighted by molar-refractivity contribution is 4.82. The molecule has 1 fully saturated rings. The number of rotatable bonds is 38. The third kappa shape index (κ3) is 33.8. The third-order valence-electron chi connectivity index (χ3n) is 10.1.